The first kappa shape index (κ1) is 13.4. The Labute approximate surface area is 111 Å². The Morgan fingerprint density at radius 1 is 1.00 bits per heavy atom. The highest BCUT2D eigenvalue weighted by Crippen LogP contribution is 2.13. The van der Waals surface area contributed by atoms with Gasteiger partial charge in [-0.3, -0.25) is 0 Å². The number of hydrogen-bond donors (Lipinski definition) is 0. The molecule has 2 aromatic carbocycles. The van der Waals surface area contributed by atoms with Crippen molar-refractivity contribution in [1.29, 1.82) is 0 Å². The summed E-state index contributed by atoms with van der Waals surface area (Å²) in [6.45, 7) is 1.87. The number of hydrogen-bond acceptors (Lipinski definition) is 2. The number of aryl methyl sites for hydroxylation is 1. The van der Waals surface area contributed by atoms with E-state index in [2.05, 4.69) is 4.40 Å². The molecule has 0 heterocycles. The van der Waals surface area contributed by atoms with Crippen molar-refractivity contribution in [3.05, 3.63) is 65.5 Å². The predicted molar refractivity (Wildman–Crippen MR) is 72.4 cm³/mol. The Morgan fingerprint density at radius 3 is 2.16 bits per heavy atom. The van der Waals surface area contributed by atoms with Crippen LogP contribution in [0.25, 0.3) is 0 Å². The van der Waals surface area contributed by atoms with Crippen molar-refractivity contribution in [2.75, 3.05) is 0 Å². The third-order valence-electron chi connectivity index (χ3n) is 2.53. The van der Waals surface area contributed by atoms with Gasteiger partial charge in [0.15, 0.2) is 0 Å². The molecule has 2 rings (SSSR count). The summed E-state index contributed by atoms with van der Waals surface area (Å²) in [6, 6.07) is 11.9. The van der Waals surface area contributed by atoms with Crippen LogP contribution >= 0.6 is 0 Å². The number of nitrogens with zero attached hydrogens (tertiary/aromatic N) is 1. The first-order valence-corrected chi connectivity index (χ1v) is 7.04. The van der Waals surface area contributed by atoms with Gasteiger partial charge in [-0.15, -0.1) is 0 Å². The van der Waals surface area contributed by atoms with Crippen molar-refractivity contribution >= 4 is 16.2 Å². The number of halogens is 1. The maximum atomic E-state index is 12.7. The second-order valence-corrected chi connectivity index (χ2v) is 5.71. The standard InChI is InChI=1S/C14H12FNO2S/c1-11-2-8-14(9-3-11)19(17,18)16-10-12-4-6-13(15)7-5-12/h2-10H,1H3/b16-10-. The molecule has 98 valence electrons. The van der Waals surface area contributed by atoms with Gasteiger partial charge in [-0.2, -0.15) is 12.8 Å². The van der Waals surface area contributed by atoms with Crippen LogP contribution in [0.15, 0.2) is 57.8 Å². The van der Waals surface area contributed by atoms with Gasteiger partial charge in [0.1, 0.15) is 5.82 Å². The van der Waals surface area contributed by atoms with Gasteiger partial charge in [0.25, 0.3) is 10.0 Å². The molecular formula is C14H12FNO2S. The minimum atomic E-state index is -3.71. The largest absolute Gasteiger partial charge is 0.282 e. The van der Waals surface area contributed by atoms with Gasteiger partial charge in [0.05, 0.1) is 4.90 Å². The molecule has 0 N–H and O–H groups in total. The normalized spacial score (nSPS) is 11.9. The highest BCUT2D eigenvalue weighted by Gasteiger charge is 2.10. The van der Waals surface area contributed by atoms with E-state index in [1.165, 1.54) is 42.6 Å². The van der Waals surface area contributed by atoms with Gasteiger partial charge in [-0.25, -0.2) is 4.39 Å². The highest BCUT2D eigenvalue weighted by atomic mass is 32.2. The molecule has 0 fully saturated rings. The van der Waals surface area contributed by atoms with Gasteiger partial charge in [-0.1, -0.05) is 29.8 Å². The van der Waals surface area contributed by atoms with E-state index in [-0.39, 0.29) is 10.7 Å². The van der Waals surface area contributed by atoms with Crippen molar-refractivity contribution in [2.24, 2.45) is 4.40 Å². The van der Waals surface area contributed by atoms with Crippen LogP contribution in [0, 0.1) is 12.7 Å². The first-order valence-electron chi connectivity index (χ1n) is 5.60. The topological polar surface area (TPSA) is 46.5 Å². The van der Waals surface area contributed by atoms with E-state index in [9.17, 15) is 12.8 Å². The lowest BCUT2D eigenvalue weighted by Crippen LogP contribution is -1.97. The Balaban J connectivity index is 2.26. The van der Waals surface area contributed by atoms with E-state index in [0.717, 1.165) is 5.56 Å². The van der Waals surface area contributed by atoms with Crippen molar-refractivity contribution in [1.82, 2.24) is 0 Å². The van der Waals surface area contributed by atoms with Crippen LogP contribution in [-0.2, 0) is 10.0 Å². The molecular weight excluding hydrogens is 265 g/mol. The second kappa shape index (κ2) is 5.32. The summed E-state index contributed by atoms with van der Waals surface area (Å²) in [5.74, 6) is -0.376. The molecule has 0 aliphatic rings. The van der Waals surface area contributed by atoms with Crippen LogP contribution in [0.3, 0.4) is 0 Å². The number of rotatable bonds is 3. The summed E-state index contributed by atoms with van der Waals surface area (Å²) < 4.78 is 40.1. The molecule has 0 aliphatic carbocycles. The summed E-state index contributed by atoms with van der Waals surface area (Å²) in [5.41, 5.74) is 1.50. The Hall–Kier alpha value is -2.01. The fraction of sp³-hybridized carbons (Fsp3) is 0.0714. The minimum Gasteiger partial charge on any atom is -0.207 e. The van der Waals surface area contributed by atoms with Crippen LogP contribution in [0.4, 0.5) is 4.39 Å². The van der Waals surface area contributed by atoms with Gasteiger partial charge in [0.2, 0.25) is 0 Å². The molecule has 2 aromatic rings. The average Bonchev–Trinajstić information content (AvgIpc) is 2.39. The molecule has 0 bridgehead atoms. The van der Waals surface area contributed by atoms with Crippen molar-refractivity contribution in [3.63, 3.8) is 0 Å². The van der Waals surface area contributed by atoms with E-state index in [4.69, 9.17) is 0 Å². The Kier molecular flexibility index (Phi) is 3.76. The molecule has 0 saturated carbocycles. The van der Waals surface area contributed by atoms with Crippen molar-refractivity contribution in [3.8, 4) is 0 Å². The molecule has 3 nitrogen and oxygen atoms in total. The zero-order valence-corrected chi connectivity index (χ0v) is 11.1. The molecule has 0 unspecified atom stereocenters. The van der Waals surface area contributed by atoms with Crippen LogP contribution in [0.1, 0.15) is 11.1 Å². The summed E-state index contributed by atoms with van der Waals surface area (Å²) in [5, 5.41) is 0. The van der Waals surface area contributed by atoms with Crippen LogP contribution in [-0.4, -0.2) is 14.6 Å². The maximum Gasteiger partial charge on any atom is 0.282 e. The molecule has 0 atom stereocenters. The lowest BCUT2D eigenvalue weighted by Gasteiger charge is -1.99. The molecule has 0 saturated heterocycles. The summed E-state index contributed by atoms with van der Waals surface area (Å²) in [4.78, 5) is 0.136. The smallest absolute Gasteiger partial charge is 0.207 e. The Bertz CT molecular complexity index is 689. The highest BCUT2D eigenvalue weighted by molar-refractivity contribution is 7.90. The molecule has 0 aliphatic heterocycles. The molecule has 0 amide bonds. The zero-order chi connectivity index (χ0) is 13.9. The fourth-order valence-corrected chi connectivity index (χ4v) is 2.31. The molecule has 5 heteroatoms. The molecule has 0 aromatic heterocycles. The summed E-state index contributed by atoms with van der Waals surface area (Å²) >= 11 is 0. The van der Waals surface area contributed by atoms with Crippen LogP contribution in [0.5, 0.6) is 0 Å². The quantitative estimate of drug-likeness (QED) is 0.810. The second-order valence-electron chi connectivity index (χ2n) is 4.07. The maximum absolute atomic E-state index is 12.7. The lowest BCUT2D eigenvalue weighted by atomic mass is 10.2. The summed E-state index contributed by atoms with van der Waals surface area (Å²) in [7, 11) is -3.71. The van der Waals surface area contributed by atoms with E-state index < -0.39 is 10.0 Å². The van der Waals surface area contributed by atoms with Crippen molar-refractivity contribution < 1.29 is 12.8 Å². The van der Waals surface area contributed by atoms with Crippen LogP contribution < -0.4 is 0 Å². The average molecular weight is 277 g/mol. The van der Waals surface area contributed by atoms with Gasteiger partial charge in [0, 0.05) is 6.21 Å². The van der Waals surface area contributed by atoms with E-state index in [1.54, 1.807) is 12.1 Å². The lowest BCUT2D eigenvalue weighted by molar-refractivity contribution is 0.598. The van der Waals surface area contributed by atoms with Gasteiger partial charge < -0.3 is 0 Å². The van der Waals surface area contributed by atoms with Gasteiger partial charge >= 0.3 is 0 Å². The fourth-order valence-electron chi connectivity index (χ4n) is 1.45. The van der Waals surface area contributed by atoms with E-state index in [0.29, 0.717) is 5.56 Å². The SMILES string of the molecule is Cc1ccc(S(=O)(=O)/N=C\c2ccc(F)cc2)cc1. The molecule has 0 spiro atoms. The van der Waals surface area contributed by atoms with E-state index >= 15 is 0 Å². The third-order valence-corrected chi connectivity index (χ3v) is 3.78. The minimum absolute atomic E-state index is 0.136. The monoisotopic (exact) mass is 277 g/mol. The number of benzene rings is 2. The van der Waals surface area contributed by atoms with Gasteiger partial charge in [-0.05, 0) is 36.8 Å². The third kappa shape index (κ3) is 3.48. The number of sulfonamides is 1. The van der Waals surface area contributed by atoms with Crippen molar-refractivity contribution in [2.45, 2.75) is 11.8 Å². The Morgan fingerprint density at radius 2 is 1.58 bits per heavy atom. The predicted octanol–water partition coefficient (Wildman–Crippen LogP) is 2.94. The summed E-state index contributed by atoms with van der Waals surface area (Å²) in [6.07, 6.45) is 1.20. The van der Waals surface area contributed by atoms with Crippen LogP contribution in [0.2, 0.25) is 0 Å². The molecule has 19 heavy (non-hydrogen) atoms. The van der Waals surface area contributed by atoms with E-state index in [1.807, 2.05) is 6.92 Å². The first-order chi connectivity index (χ1) is 8.97. The zero-order valence-electron chi connectivity index (χ0n) is 10.2. The molecule has 0 radical (unpaired) electrons.